The molecule has 1 aliphatic rings. The van der Waals surface area contributed by atoms with Crippen LogP contribution in [0.2, 0.25) is 0 Å². The second-order valence-corrected chi connectivity index (χ2v) is 5.35. The zero-order valence-corrected chi connectivity index (χ0v) is 10.8. The second-order valence-electron chi connectivity index (χ2n) is 5.35. The summed E-state index contributed by atoms with van der Waals surface area (Å²) < 4.78 is 28.4. The third-order valence-electron chi connectivity index (χ3n) is 2.54. The lowest BCUT2D eigenvalue weighted by Crippen LogP contribution is -2.50. The first-order valence-corrected chi connectivity index (χ1v) is 5.81. The molecule has 1 aromatic heterocycles. The number of carbonyl (C=O) groups is 1. The van der Waals surface area contributed by atoms with Crippen LogP contribution in [0.25, 0.3) is 0 Å². The summed E-state index contributed by atoms with van der Waals surface area (Å²) in [5.41, 5.74) is 5.22. The molecule has 5 heteroatoms. The Morgan fingerprint density at radius 1 is 1.56 bits per heavy atom. The number of nitrogens with two attached hydrogens (primary N) is 1. The number of carbonyl (C=O) groups excluding carboxylic acids is 1. The highest BCUT2D eigenvalue weighted by Crippen LogP contribution is 2.27. The van der Waals surface area contributed by atoms with Crippen molar-refractivity contribution in [1.29, 1.82) is 0 Å². The van der Waals surface area contributed by atoms with E-state index < -0.39 is 11.7 Å². The Morgan fingerprint density at radius 3 is 2.83 bits per heavy atom. The van der Waals surface area contributed by atoms with Crippen molar-refractivity contribution in [3.63, 3.8) is 0 Å². The number of ether oxygens (including phenoxy) is 1. The summed E-state index contributed by atoms with van der Waals surface area (Å²) in [5, 5.41) is 0. The monoisotopic (exact) mass is 252 g/mol. The van der Waals surface area contributed by atoms with Gasteiger partial charge in [0.05, 0.1) is 16.0 Å². The summed E-state index contributed by atoms with van der Waals surface area (Å²) in [6, 6.07) is -0.252. The maximum Gasteiger partial charge on any atom is 0.410 e. The molecule has 0 saturated carbocycles. The van der Waals surface area contributed by atoms with Crippen LogP contribution in [0.1, 0.15) is 36.5 Å². The minimum atomic E-state index is -0.551. The Morgan fingerprint density at radius 2 is 2.22 bits per heavy atom. The third-order valence-corrected chi connectivity index (χ3v) is 2.54. The lowest BCUT2D eigenvalue weighted by atomic mass is 9.96. The highest BCUT2D eigenvalue weighted by atomic mass is 16.6. The first-order valence-electron chi connectivity index (χ1n) is 7.31. The first-order chi connectivity index (χ1) is 9.60. The van der Waals surface area contributed by atoms with Crippen molar-refractivity contribution in [2.75, 3.05) is 18.8 Å². The maximum absolute atomic E-state index is 11.8. The van der Waals surface area contributed by atoms with E-state index in [0.717, 1.165) is 0 Å². The molecule has 0 radical (unpaired) electrons. The molecule has 1 amide bonds. The van der Waals surface area contributed by atoms with Crippen molar-refractivity contribution in [1.82, 2.24) is 9.88 Å². The fraction of sp³-hybridized carbons (Fsp3) is 0.538. The summed E-state index contributed by atoms with van der Waals surface area (Å²) in [6.07, 6.45) is -0.598. The van der Waals surface area contributed by atoms with Crippen molar-refractivity contribution in [2.24, 2.45) is 0 Å². The number of aromatic nitrogens is 1. The van der Waals surface area contributed by atoms with Crippen LogP contribution in [-0.2, 0) is 4.74 Å². The molecule has 0 bridgehead atoms. The van der Waals surface area contributed by atoms with E-state index in [-0.39, 0.29) is 29.9 Å². The highest BCUT2D eigenvalue weighted by molar-refractivity contribution is 5.69. The lowest BCUT2D eigenvalue weighted by Gasteiger charge is -2.39. The average molecular weight is 252 g/mol. The van der Waals surface area contributed by atoms with Crippen molar-refractivity contribution >= 4 is 11.8 Å². The van der Waals surface area contributed by atoms with E-state index in [1.165, 1.54) is 4.90 Å². The number of pyridine rings is 1. The van der Waals surface area contributed by atoms with Crippen molar-refractivity contribution in [2.45, 2.75) is 32.3 Å². The number of nitrogens with zero attached hydrogens (tertiary/aromatic N) is 2. The van der Waals surface area contributed by atoms with Gasteiger partial charge in [-0.3, -0.25) is 4.98 Å². The van der Waals surface area contributed by atoms with Gasteiger partial charge in [0.25, 0.3) is 0 Å². The molecule has 18 heavy (non-hydrogen) atoms. The van der Waals surface area contributed by atoms with Crippen LogP contribution in [0.5, 0.6) is 0 Å². The Hall–Kier alpha value is -1.78. The summed E-state index contributed by atoms with van der Waals surface area (Å²) in [7, 11) is 0. The smallest absolute Gasteiger partial charge is 0.410 e. The van der Waals surface area contributed by atoms with Gasteiger partial charge >= 0.3 is 6.09 Å². The summed E-state index contributed by atoms with van der Waals surface area (Å²) in [4.78, 5) is 17.3. The summed E-state index contributed by atoms with van der Waals surface area (Å²) in [5.74, 6) is -0.154. The summed E-state index contributed by atoms with van der Waals surface area (Å²) in [6.45, 7) is 6.13. The van der Waals surface area contributed by atoms with Gasteiger partial charge in [-0.05, 0) is 32.9 Å². The standard InChI is InChI=1S/C13H19N3O2/c1-13(2,3)18-12(17)16-7-9(8-16)11-5-4-10(14)6-15-11/h4-6,9H,7-8,14H2,1-3H3/i4D,5D,6D. The molecule has 2 heterocycles. The molecule has 1 aromatic rings. The number of hydrogen-bond donors (Lipinski definition) is 1. The molecule has 1 fully saturated rings. The van der Waals surface area contributed by atoms with Gasteiger partial charge in [-0.15, -0.1) is 0 Å². The van der Waals surface area contributed by atoms with E-state index >= 15 is 0 Å². The quantitative estimate of drug-likeness (QED) is 0.830. The maximum atomic E-state index is 11.8. The van der Waals surface area contributed by atoms with E-state index in [2.05, 4.69) is 4.98 Å². The van der Waals surface area contributed by atoms with Gasteiger partial charge in [0.2, 0.25) is 0 Å². The minimum Gasteiger partial charge on any atom is -0.444 e. The van der Waals surface area contributed by atoms with E-state index in [9.17, 15) is 4.79 Å². The Labute approximate surface area is 111 Å². The van der Waals surface area contributed by atoms with Gasteiger partial charge in [0, 0.05) is 24.7 Å². The molecule has 1 saturated heterocycles. The van der Waals surface area contributed by atoms with Crippen LogP contribution in [0.15, 0.2) is 18.3 Å². The molecule has 98 valence electrons. The molecular weight excluding hydrogens is 230 g/mol. The highest BCUT2D eigenvalue weighted by Gasteiger charge is 2.35. The Balaban J connectivity index is 2.07. The van der Waals surface area contributed by atoms with Gasteiger partial charge in [-0.1, -0.05) is 0 Å². The molecule has 0 unspecified atom stereocenters. The average Bonchev–Trinajstić information content (AvgIpc) is 2.28. The minimum absolute atomic E-state index is 0.0719. The number of rotatable bonds is 1. The Kier molecular flexibility index (Phi) is 2.29. The molecular formula is C13H19N3O2. The molecule has 5 nitrogen and oxygen atoms in total. The van der Waals surface area contributed by atoms with Gasteiger partial charge in [-0.25, -0.2) is 4.79 Å². The zero-order chi connectivity index (χ0) is 15.9. The van der Waals surface area contributed by atoms with Crippen LogP contribution in [0, 0.1) is 0 Å². The number of likely N-dealkylation sites (tertiary alicyclic amines) is 1. The fourth-order valence-electron chi connectivity index (χ4n) is 1.63. The van der Waals surface area contributed by atoms with Crippen LogP contribution >= 0.6 is 0 Å². The Bertz CT molecular complexity index is 581. The predicted molar refractivity (Wildman–Crippen MR) is 69.2 cm³/mol. The van der Waals surface area contributed by atoms with Gasteiger partial charge < -0.3 is 15.4 Å². The number of nitrogen functional groups attached to an aromatic ring is 1. The van der Waals surface area contributed by atoms with E-state index in [1.54, 1.807) is 20.8 Å². The molecule has 0 spiro atoms. The molecule has 2 rings (SSSR count). The SMILES string of the molecule is [2H]c1nc(C2CN(C(=O)OC(C)(C)C)C2)c([2H])c([2H])c1N. The van der Waals surface area contributed by atoms with Crippen LogP contribution in [0.4, 0.5) is 10.5 Å². The molecule has 1 aliphatic heterocycles. The van der Waals surface area contributed by atoms with Crippen LogP contribution < -0.4 is 5.73 Å². The topological polar surface area (TPSA) is 68.5 Å². The van der Waals surface area contributed by atoms with E-state index in [1.807, 2.05) is 0 Å². The fourth-order valence-corrected chi connectivity index (χ4v) is 1.63. The van der Waals surface area contributed by atoms with Crippen LogP contribution in [-0.4, -0.2) is 34.7 Å². The number of hydrogen-bond acceptors (Lipinski definition) is 4. The zero-order valence-electron chi connectivity index (χ0n) is 13.8. The van der Waals surface area contributed by atoms with Crippen molar-refractivity contribution in [3.05, 3.63) is 24.0 Å². The predicted octanol–water partition coefficient (Wildman–Crippen LogP) is 2.00. The van der Waals surface area contributed by atoms with Gasteiger partial charge in [-0.2, -0.15) is 0 Å². The lowest BCUT2D eigenvalue weighted by molar-refractivity contribution is 0.00788. The van der Waals surface area contributed by atoms with Gasteiger partial charge in [0.1, 0.15) is 5.60 Å². The normalized spacial score (nSPS) is 18.6. The number of anilines is 1. The summed E-state index contributed by atoms with van der Waals surface area (Å²) >= 11 is 0. The van der Waals surface area contributed by atoms with E-state index in [4.69, 9.17) is 14.6 Å². The van der Waals surface area contributed by atoms with Crippen molar-refractivity contribution in [3.8, 4) is 0 Å². The molecule has 0 aromatic carbocycles. The largest absolute Gasteiger partial charge is 0.444 e. The number of amides is 1. The van der Waals surface area contributed by atoms with E-state index in [0.29, 0.717) is 18.8 Å². The first kappa shape index (κ1) is 9.19. The molecule has 0 atom stereocenters. The van der Waals surface area contributed by atoms with Crippen LogP contribution in [0.3, 0.4) is 0 Å². The molecule has 0 aliphatic carbocycles. The van der Waals surface area contributed by atoms with Crippen molar-refractivity contribution < 1.29 is 13.6 Å². The second kappa shape index (κ2) is 4.48. The molecule has 2 N–H and O–H groups in total. The van der Waals surface area contributed by atoms with Gasteiger partial charge in [0.15, 0.2) is 0 Å². The third kappa shape index (κ3) is 2.91.